The Kier molecular flexibility index (Phi) is 5.85. The van der Waals surface area contributed by atoms with E-state index in [1.165, 1.54) is 0 Å². The number of carbonyl (C=O) groups excluding carboxylic acids is 1. The van der Waals surface area contributed by atoms with E-state index in [1.54, 1.807) is 0 Å². The highest BCUT2D eigenvalue weighted by molar-refractivity contribution is 9.10. The van der Waals surface area contributed by atoms with Crippen LogP contribution in [0.1, 0.15) is 31.0 Å². The van der Waals surface area contributed by atoms with Gasteiger partial charge in [0, 0.05) is 48.2 Å². The van der Waals surface area contributed by atoms with Crippen LogP contribution in [0.2, 0.25) is 0 Å². The number of fused-ring (bicyclic) bond motifs is 1. The molecule has 3 aromatic rings. The molecule has 6 nitrogen and oxygen atoms in total. The molecule has 152 valence electrons. The number of benzene rings is 1. The molecule has 1 amide bonds. The van der Waals surface area contributed by atoms with Gasteiger partial charge in [-0.25, -0.2) is 4.98 Å². The van der Waals surface area contributed by atoms with Crippen molar-refractivity contribution in [2.75, 3.05) is 18.0 Å². The van der Waals surface area contributed by atoms with Crippen LogP contribution in [0.4, 0.5) is 5.82 Å². The van der Waals surface area contributed by atoms with Gasteiger partial charge in [0.05, 0.1) is 5.69 Å². The van der Waals surface area contributed by atoms with E-state index in [0.29, 0.717) is 6.54 Å². The van der Waals surface area contributed by atoms with Crippen LogP contribution in [0.15, 0.2) is 41.0 Å². The zero-order valence-corrected chi connectivity index (χ0v) is 18.4. The molecule has 2 aromatic heterocycles. The van der Waals surface area contributed by atoms with Gasteiger partial charge in [0.2, 0.25) is 5.91 Å². The third kappa shape index (κ3) is 4.15. The lowest BCUT2D eigenvalue weighted by molar-refractivity contribution is -0.125. The Hall–Kier alpha value is -2.41. The number of hydrogen-bond acceptors (Lipinski definition) is 4. The maximum absolute atomic E-state index is 12.6. The number of hydrogen-bond donors (Lipinski definition) is 1. The van der Waals surface area contributed by atoms with E-state index in [0.717, 1.165) is 64.9 Å². The number of piperidine rings is 1. The first-order chi connectivity index (χ1) is 14.1. The highest BCUT2D eigenvalue weighted by atomic mass is 79.9. The van der Waals surface area contributed by atoms with Crippen molar-refractivity contribution >= 4 is 38.6 Å². The van der Waals surface area contributed by atoms with Crippen LogP contribution >= 0.6 is 15.9 Å². The summed E-state index contributed by atoms with van der Waals surface area (Å²) in [4.78, 5) is 19.6. The first kappa shape index (κ1) is 19.9. The summed E-state index contributed by atoms with van der Waals surface area (Å²) in [5, 5.41) is 8.90. The van der Waals surface area contributed by atoms with E-state index in [1.807, 2.05) is 48.1 Å². The Balaban J connectivity index is 1.40. The molecule has 0 atom stereocenters. The summed E-state index contributed by atoms with van der Waals surface area (Å²) in [5.74, 6) is 1.19. The molecule has 0 radical (unpaired) electrons. The van der Waals surface area contributed by atoms with Crippen LogP contribution in [0.25, 0.3) is 10.9 Å². The summed E-state index contributed by atoms with van der Waals surface area (Å²) in [6.07, 6.45) is 3.54. The van der Waals surface area contributed by atoms with Crippen molar-refractivity contribution in [3.05, 3.63) is 52.3 Å². The van der Waals surface area contributed by atoms with Gasteiger partial charge in [-0.1, -0.05) is 28.1 Å². The minimum Gasteiger partial charge on any atom is -0.355 e. The third-order valence-electron chi connectivity index (χ3n) is 5.67. The average molecular weight is 456 g/mol. The molecule has 0 aliphatic carbocycles. The number of carbonyl (C=O) groups is 1. The fourth-order valence-corrected chi connectivity index (χ4v) is 4.29. The fourth-order valence-electron chi connectivity index (χ4n) is 4.02. The summed E-state index contributed by atoms with van der Waals surface area (Å²) >= 11 is 3.44. The van der Waals surface area contributed by atoms with Gasteiger partial charge in [0.1, 0.15) is 5.52 Å². The summed E-state index contributed by atoms with van der Waals surface area (Å²) in [6, 6.07) is 10.1. The van der Waals surface area contributed by atoms with Gasteiger partial charge >= 0.3 is 0 Å². The monoisotopic (exact) mass is 455 g/mol. The SMILES string of the molecule is CCn1nc(C)c2ccnc(N3CCC(C(=O)NCc4ccc(Br)cc4)CC3)c21. The summed E-state index contributed by atoms with van der Waals surface area (Å²) < 4.78 is 3.08. The second-order valence-corrected chi connectivity index (χ2v) is 8.45. The number of nitrogens with one attached hydrogen (secondary N) is 1. The number of amides is 1. The second kappa shape index (κ2) is 8.53. The largest absolute Gasteiger partial charge is 0.355 e. The normalized spacial score (nSPS) is 15.1. The molecule has 0 spiro atoms. The molecule has 1 fully saturated rings. The number of nitrogens with zero attached hydrogens (tertiary/aromatic N) is 4. The van der Waals surface area contributed by atoms with Gasteiger partial charge in [-0.15, -0.1) is 0 Å². The quantitative estimate of drug-likeness (QED) is 0.629. The summed E-state index contributed by atoms with van der Waals surface area (Å²) in [6.45, 7) is 7.19. The minimum atomic E-state index is 0.0544. The van der Waals surface area contributed by atoms with Crippen LogP contribution in [-0.2, 0) is 17.9 Å². The highest BCUT2D eigenvalue weighted by Crippen LogP contribution is 2.30. The Morgan fingerprint density at radius 1 is 1.21 bits per heavy atom. The standard InChI is InChI=1S/C22H26BrN5O/c1-3-28-20-19(15(2)26-28)8-11-24-21(20)27-12-9-17(10-13-27)22(29)25-14-16-4-6-18(23)7-5-16/h4-8,11,17H,3,9-10,12-14H2,1-2H3,(H,25,29). The molecule has 1 N–H and O–H groups in total. The van der Waals surface area contributed by atoms with Crippen LogP contribution in [0, 0.1) is 12.8 Å². The lowest BCUT2D eigenvalue weighted by Crippen LogP contribution is -2.40. The molecule has 1 aromatic carbocycles. The zero-order chi connectivity index (χ0) is 20.4. The number of anilines is 1. The maximum Gasteiger partial charge on any atom is 0.223 e. The van der Waals surface area contributed by atoms with Crippen molar-refractivity contribution in [2.45, 2.75) is 39.8 Å². The molecule has 0 bridgehead atoms. The molecular formula is C22H26BrN5O. The molecule has 3 heterocycles. The van der Waals surface area contributed by atoms with E-state index >= 15 is 0 Å². The van der Waals surface area contributed by atoms with Crippen LogP contribution < -0.4 is 10.2 Å². The molecule has 7 heteroatoms. The maximum atomic E-state index is 12.6. The number of rotatable bonds is 5. The van der Waals surface area contributed by atoms with Gasteiger partial charge in [-0.3, -0.25) is 9.48 Å². The second-order valence-electron chi connectivity index (χ2n) is 7.54. The van der Waals surface area contributed by atoms with Crippen molar-refractivity contribution in [3.63, 3.8) is 0 Å². The van der Waals surface area contributed by atoms with E-state index in [4.69, 9.17) is 0 Å². The van der Waals surface area contributed by atoms with Crippen molar-refractivity contribution in [1.29, 1.82) is 0 Å². The smallest absolute Gasteiger partial charge is 0.223 e. The lowest BCUT2D eigenvalue weighted by atomic mass is 9.95. The molecule has 0 saturated carbocycles. The number of aromatic nitrogens is 3. The topological polar surface area (TPSA) is 63.1 Å². The van der Waals surface area contributed by atoms with Crippen molar-refractivity contribution in [3.8, 4) is 0 Å². The van der Waals surface area contributed by atoms with Crippen molar-refractivity contribution in [1.82, 2.24) is 20.1 Å². The Labute approximate surface area is 179 Å². The average Bonchev–Trinajstić information content (AvgIpc) is 3.09. The molecular weight excluding hydrogens is 430 g/mol. The Morgan fingerprint density at radius 2 is 1.93 bits per heavy atom. The third-order valence-corrected chi connectivity index (χ3v) is 6.20. The Morgan fingerprint density at radius 3 is 2.62 bits per heavy atom. The fraction of sp³-hybridized carbons (Fsp3) is 0.409. The molecule has 1 saturated heterocycles. The van der Waals surface area contributed by atoms with E-state index in [9.17, 15) is 4.79 Å². The van der Waals surface area contributed by atoms with Gasteiger partial charge in [-0.05, 0) is 50.5 Å². The van der Waals surface area contributed by atoms with Gasteiger partial charge < -0.3 is 10.2 Å². The minimum absolute atomic E-state index is 0.0544. The van der Waals surface area contributed by atoms with Gasteiger partial charge in [-0.2, -0.15) is 5.10 Å². The first-order valence-electron chi connectivity index (χ1n) is 10.2. The molecule has 0 unspecified atom stereocenters. The molecule has 1 aliphatic rings. The molecule has 29 heavy (non-hydrogen) atoms. The predicted octanol–water partition coefficient (Wildman–Crippen LogP) is 4.05. The summed E-state index contributed by atoms with van der Waals surface area (Å²) in [5.41, 5.74) is 3.25. The predicted molar refractivity (Wildman–Crippen MR) is 119 cm³/mol. The van der Waals surface area contributed by atoms with Crippen LogP contribution in [-0.4, -0.2) is 33.8 Å². The number of aryl methyl sites for hydroxylation is 2. The molecule has 1 aliphatic heterocycles. The zero-order valence-electron chi connectivity index (χ0n) is 16.9. The van der Waals surface area contributed by atoms with E-state index < -0.39 is 0 Å². The number of halogens is 1. The van der Waals surface area contributed by atoms with E-state index in [-0.39, 0.29) is 11.8 Å². The highest BCUT2D eigenvalue weighted by Gasteiger charge is 2.27. The first-order valence-corrected chi connectivity index (χ1v) is 11.0. The summed E-state index contributed by atoms with van der Waals surface area (Å²) in [7, 11) is 0. The van der Waals surface area contributed by atoms with Gasteiger partial charge in [0.25, 0.3) is 0 Å². The molecule has 4 rings (SSSR count). The lowest BCUT2D eigenvalue weighted by Gasteiger charge is -2.32. The van der Waals surface area contributed by atoms with Crippen molar-refractivity contribution < 1.29 is 4.79 Å². The number of pyridine rings is 1. The van der Waals surface area contributed by atoms with Crippen LogP contribution in [0.5, 0.6) is 0 Å². The van der Waals surface area contributed by atoms with E-state index in [2.05, 4.69) is 43.2 Å². The van der Waals surface area contributed by atoms with Crippen molar-refractivity contribution in [2.24, 2.45) is 5.92 Å². The Bertz CT molecular complexity index is 1010. The van der Waals surface area contributed by atoms with Gasteiger partial charge in [0.15, 0.2) is 5.82 Å². The van der Waals surface area contributed by atoms with Crippen LogP contribution in [0.3, 0.4) is 0 Å².